The van der Waals surface area contributed by atoms with Gasteiger partial charge in [-0.3, -0.25) is 9.98 Å². The smallest absolute Gasteiger partial charge is 0.0926 e. The Balaban J connectivity index is 0.00000516. The van der Waals surface area contributed by atoms with Gasteiger partial charge in [-0.2, -0.15) is 0 Å². The quantitative estimate of drug-likeness (QED) is 0.0940. The molecule has 0 radical (unpaired) electrons. The summed E-state index contributed by atoms with van der Waals surface area (Å²) in [7, 11) is 5.77. The molecule has 1 heterocycles. The highest BCUT2D eigenvalue weighted by molar-refractivity contribution is 6.06. The van der Waals surface area contributed by atoms with E-state index < -0.39 is 0 Å². The average molecular weight is 909 g/mol. The molecule has 0 saturated carbocycles. The fourth-order valence-electron chi connectivity index (χ4n) is 7.35. The van der Waals surface area contributed by atoms with E-state index >= 15 is 0 Å². The van der Waals surface area contributed by atoms with E-state index in [2.05, 4.69) is 152 Å². The third-order valence-corrected chi connectivity index (χ3v) is 11.0. The van der Waals surface area contributed by atoms with Crippen LogP contribution >= 0.6 is 0 Å². The van der Waals surface area contributed by atoms with Crippen LogP contribution in [-0.2, 0) is 6.42 Å². The summed E-state index contributed by atoms with van der Waals surface area (Å²) in [6.45, 7) is 34.6. The van der Waals surface area contributed by atoms with Gasteiger partial charge in [-0.25, -0.2) is 0 Å². The van der Waals surface area contributed by atoms with Crippen LogP contribution in [0, 0.1) is 11.8 Å². The van der Waals surface area contributed by atoms with E-state index in [1.54, 1.807) is 0 Å². The summed E-state index contributed by atoms with van der Waals surface area (Å²) in [6, 6.07) is 19.6. The van der Waals surface area contributed by atoms with Gasteiger partial charge in [0.2, 0.25) is 0 Å². The molecule has 6 nitrogen and oxygen atoms in total. The third kappa shape index (κ3) is 22.0. The van der Waals surface area contributed by atoms with E-state index in [1.165, 1.54) is 22.4 Å². The highest BCUT2D eigenvalue weighted by Gasteiger charge is 2.24. The third-order valence-electron chi connectivity index (χ3n) is 11.0. The fraction of sp³-hybridized carbons (Fsp3) is 0.410. The van der Waals surface area contributed by atoms with Crippen molar-refractivity contribution >= 4 is 17.1 Å². The molecule has 0 amide bonds. The van der Waals surface area contributed by atoms with Gasteiger partial charge in [0.25, 0.3) is 0 Å². The van der Waals surface area contributed by atoms with Crippen LogP contribution in [0.4, 0.5) is 0 Å². The van der Waals surface area contributed by atoms with Crippen LogP contribution in [0.15, 0.2) is 190 Å². The minimum atomic E-state index is 0.0999. The molecule has 0 aromatic heterocycles. The van der Waals surface area contributed by atoms with Crippen molar-refractivity contribution in [3.8, 4) is 0 Å². The molecule has 2 aliphatic rings. The molecule has 67 heavy (non-hydrogen) atoms. The number of hydrogen-bond donors (Lipinski definition) is 4. The van der Waals surface area contributed by atoms with Crippen molar-refractivity contribution in [1.82, 2.24) is 16.0 Å². The van der Waals surface area contributed by atoms with E-state index in [9.17, 15) is 0 Å². The van der Waals surface area contributed by atoms with Crippen LogP contribution in [0.1, 0.15) is 144 Å². The van der Waals surface area contributed by atoms with Crippen molar-refractivity contribution in [2.75, 3.05) is 21.1 Å². The van der Waals surface area contributed by atoms with E-state index in [0.29, 0.717) is 5.70 Å². The Kier molecular flexibility index (Phi) is 34.0. The van der Waals surface area contributed by atoms with Crippen molar-refractivity contribution in [3.63, 3.8) is 0 Å². The monoisotopic (exact) mass is 909 g/mol. The highest BCUT2D eigenvalue weighted by Crippen LogP contribution is 2.36. The lowest BCUT2D eigenvalue weighted by molar-refractivity contribution is 0.727. The molecule has 1 aliphatic carbocycles. The van der Waals surface area contributed by atoms with Gasteiger partial charge in [0.15, 0.2) is 0 Å². The number of nitrogens with zero attached hydrogens (tertiary/aromatic N) is 2. The lowest BCUT2D eigenvalue weighted by atomic mass is 9.88. The molecule has 4 rings (SSSR count). The summed E-state index contributed by atoms with van der Waals surface area (Å²) >= 11 is 0. The van der Waals surface area contributed by atoms with Crippen LogP contribution in [0.5, 0.6) is 0 Å². The molecule has 0 saturated heterocycles. The molecule has 2 unspecified atom stereocenters. The number of aliphatic imine (C=N–C) groups is 2. The number of aryl methyl sites for hydroxylation is 1. The summed E-state index contributed by atoms with van der Waals surface area (Å²) in [6.07, 6.45) is 30.1. The maximum atomic E-state index is 5.90. The van der Waals surface area contributed by atoms with E-state index in [1.807, 2.05) is 96.5 Å². The molecular formula is C61H92N6. The zero-order valence-corrected chi connectivity index (χ0v) is 44.6. The minimum Gasteiger partial charge on any atom is -0.399 e. The number of allylic oxidation sites excluding steroid dienone is 13. The molecule has 2 atom stereocenters. The number of nitrogens with two attached hydrogens (primary N) is 1. The Labute approximate surface area is 411 Å². The Morgan fingerprint density at radius 1 is 0.731 bits per heavy atom. The summed E-state index contributed by atoms with van der Waals surface area (Å²) in [4.78, 5) is 11.1. The van der Waals surface area contributed by atoms with Crippen molar-refractivity contribution in [2.45, 2.75) is 134 Å². The van der Waals surface area contributed by atoms with Crippen molar-refractivity contribution in [2.24, 2.45) is 27.6 Å². The molecule has 0 fully saturated rings. The van der Waals surface area contributed by atoms with Gasteiger partial charge < -0.3 is 21.7 Å². The van der Waals surface area contributed by atoms with Gasteiger partial charge in [0, 0.05) is 72.8 Å². The number of likely N-dealkylation sites (N-methyl/N-ethyl adjacent to an activating group) is 3. The van der Waals surface area contributed by atoms with Gasteiger partial charge in [-0.1, -0.05) is 191 Å². The number of nitrogens with one attached hydrogen (secondary N) is 3. The predicted octanol–water partition coefficient (Wildman–Crippen LogP) is 15.9. The zero-order valence-electron chi connectivity index (χ0n) is 44.6. The van der Waals surface area contributed by atoms with Crippen molar-refractivity contribution < 1.29 is 0 Å². The largest absolute Gasteiger partial charge is 0.399 e. The lowest BCUT2D eigenvalue weighted by Gasteiger charge is -2.24. The van der Waals surface area contributed by atoms with E-state index in [0.717, 1.165) is 109 Å². The van der Waals surface area contributed by atoms with Gasteiger partial charge in [0.1, 0.15) is 0 Å². The molecule has 5 N–H and O–H groups in total. The van der Waals surface area contributed by atoms with Gasteiger partial charge in [0.05, 0.1) is 11.4 Å². The molecule has 6 heteroatoms. The second-order valence-electron chi connectivity index (χ2n) is 15.2. The first-order chi connectivity index (χ1) is 32.6. The van der Waals surface area contributed by atoms with Gasteiger partial charge in [-0.05, 0) is 106 Å². The van der Waals surface area contributed by atoms with Crippen LogP contribution in [0.25, 0.3) is 5.70 Å². The van der Waals surface area contributed by atoms with Gasteiger partial charge >= 0.3 is 0 Å². The summed E-state index contributed by atoms with van der Waals surface area (Å²) in [5, 5.41) is 9.66. The summed E-state index contributed by atoms with van der Waals surface area (Å²) in [5.41, 5.74) is 20.8. The highest BCUT2D eigenvalue weighted by atomic mass is 14.9. The maximum Gasteiger partial charge on any atom is 0.0926 e. The van der Waals surface area contributed by atoms with E-state index in [4.69, 9.17) is 15.7 Å². The Bertz CT molecular complexity index is 2080. The molecule has 366 valence electrons. The number of hydrogen-bond acceptors (Lipinski definition) is 6. The number of benzene rings is 2. The Morgan fingerprint density at radius 3 is 1.85 bits per heavy atom. The van der Waals surface area contributed by atoms with Crippen LogP contribution < -0.4 is 21.7 Å². The first-order valence-electron chi connectivity index (χ1n) is 25.2. The fourth-order valence-corrected chi connectivity index (χ4v) is 7.35. The Hall–Kier alpha value is -5.88. The molecule has 0 spiro atoms. The number of rotatable bonds is 21. The van der Waals surface area contributed by atoms with Gasteiger partial charge in [-0.15, -0.1) is 0 Å². The van der Waals surface area contributed by atoms with Crippen molar-refractivity contribution in [3.05, 3.63) is 197 Å². The van der Waals surface area contributed by atoms with Crippen LogP contribution in [-0.4, -0.2) is 32.6 Å². The van der Waals surface area contributed by atoms with E-state index in [-0.39, 0.29) is 11.8 Å². The van der Waals surface area contributed by atoms with Crippen LogP contribution in [0.2, 0.25) is 0 Å². The minimum absolute atomic E-state index is 0.0999. The van der Waals surface area contributed by atoms with Crippen LogP contribution in [0.3, 0.4) is 0 Å². The second-order valence-corrected chi connectivity index (χ2v) is 15.2. The second kappa shape index (κ2) is 37.2. The summed E-state index contributed by atoms with van der Waals surface area (Å²) < 4.78 is 0. The van der Waals surface area contributed by atoms with Crippen molar-refractivity contribution in [1.29, 1.82) is 0 Å². The SMILES string of the molecule is C=C(N)/C=C(/CCCc1ccc(C2=N/C(c3ccccc3)=C(/C3C=CC(CCC/C(=C/C(=C\C)NC)C(=C)NC)=CC3)N=C(C(C)/C=C\C=C/C)CC2)cc1)C(=C)NC.CC.CC.CC.CC. The zero-order chi connectivity index (χ0) is 50.6. The molecule has 2 aromatic carbocycles. The maximum absolute atomic E-state index is 5.90. The first kappa shape index (κ1) is 61.1. The topological polar surface area (TPSA) is 86.8 Å². The first-order valence-corrected chi connectivity index (χ1v) is 25.2. The molecule has 1 aliphatic heterocycles. The Morgan fingerprint density at radius 2 is 1.33 bits per heavy atom. The summed E-state index contributed by atoms with van der Waals surface area (Å²) in [5.74, 6) is 0.275. The molecular weight excluding hydrogens is 817 g/mol. The molecule has 0 bridgehead atoms. The normalized spacial score (nSPS) is 16.6. The molecule has 2 aromatic rings. The average Bonchev–Trinajstić information content (AvgIpc) is 3.37. The standard InChI is InChI=1S/C53H68N6.4C2H6/c1-10-12-14-19-38(3)50-34-35-51(44-30-26-42(27-31-44)20-17-24-47(36-39(4)54)40(5)55-7)59-52(45-22-15-13-16-23-45)53(58-50)46-32-28-43(29-33-46)21-18-25-48(41(6)56-8)37-49(11-2)57-9;4*1-2/h10-16,19,22-23,26-32,36-38,46,55-57H,4-6,17-18,20-21,24-25,33-35,54H2,1-3,7-9H3;4*1-2H3/b12-10-,19-14-,47-36-,48-37-,49-11+,53-52-,58-50?,59-51?;;;;. The predicted molar refractivity (Wildman–Crippen MR) is 302 cm³/mol. The lowest BCUT2D eigenvalue weighted by Crippen LogP contribution is -2.17.